The number of hydrogen-bond acceptors (Lipinski definition) is 6. The molecule has 0 amide bonds. The van der Waals surface area contributed by atoms with Crippen molar-refractivity contribution in [3.8, 4) is 22.8 Å². The van der Waals surface area contributed by atoms with Gasteiger partial charge in [0.05, 0.1) is 39.6 Å². The zero-order valence-corrected chi connectivity index (χ0v) is 31.4. The largest absolute Gasteiger partial charge is 0.398 e. The van der Waals surface area contributed by atoms with Crippen molar-refractivity contribution in [1.29, 1.82) is 0 Å². The average Bonchev–Trinajstić information content (AvgIpc) is 3.85. The van der Waals surface area contributed by atoms with Gasteiger partial charge in [0.15, 0.2) is 23.3 Å². The summed E-state index contributed by atoms with van der Waals surface area (Å²) in [6.07, 6.45) is 0. The molecule has 0 fully saturated rings. The Hall–Kier alpha value is -8.00. The molecule has 10 rings (SSSR count). The van der Waals surface area contributed by atoms with E-state index in [1.54, 1.807) is 6.07 Å². The first-order chi connectivity index (χ1) is 29.1. The van der Waals surface area contributed by atoms with Crippen LogP contribution in [0.25, 0.3) is 66.6 Å². The van der Waals surface area contributed by atoms with Gasteiger partial charge in [-0.3, -0.25) is 9.59 Å². The molecule has 0 radical (unpaired) electrons. The maximum absolute atomic E-state index is 14.3. The van der Waals surface area contributed by atoms with Crippen molar-refractivity contribution in [2.75, 3.05) is 11.1 Å². The van der Waals surface area contributed by atoms with E-state index in [1.165, 1.54) is 24.3 Å². The second kappa shape index (κ2) is 15.4. The Labute approximate surface area is 337 Å². The highest BCUT2D eigenvalue weighted by molar-refractivity contribution is 5.87. The van der Waals surface area contributed by atoms with E-state index >= 15 is 0 Å². The summed E-state index contributed by atoms with van der Waals surface area (Å²) in [5, 5.41) is 4.17. The number of aromatic amines is 3. The summed E-state index contributed by atoms with van der Waals surface area (Å²) in [5.41, 5.74) is 12.4. The summed E-state index contributed by atoms with van der Waals surface area (Å²) in [5.74, 6) is -2.81. The number of nitrogens with two attached hydrogens (primary N) is 1. The summed E-state index contributed by atoms with van der Waals surface area (Å²) in [7, 11) is 0. The summed E-state index contributed by atoms with van der Waals surface area (Å²) < 4.78 is 57.6. The summed E-state index contributed by atoms with van der Waals surface area (Å²) in [6, 6.07) is 38.2. The molecule has 0 aliphatic carbocycles. The monoisotopic (exact) mass is 804 g/mol. The molecule has 6 aromatic carbocycles. The van der Waals surface area contributed by atoms with Crippen LogP contribution >= 0.6 is 0 Å². The molecule has 4 aromatic heterocycles. The number of halogens is 4. The third kappa shape index (κ3) is 7.00. The van der Waals surface area contributed by atoms with Gasteiger partial charge in [0.25, 0.3) is 0 Å². The molecular weight excluding hydrogens is 773 g/mol. The fourth-order valence-electron chi connectivity index (χ4n) is 7.38. The lowest BCUT2D eigenvalue weighted by atomic mass is 10.1. The first kappa shape index (κ1) is 37.6. The van der Waals surface area contributed by atoms with Crippen LogP contribution in [0.3, 0.4) is 0 Å². The predicted molar refractivity (Wildman–Crippen MR) is 227 cm³/mol. The lowest BCUT2D eigenvalue weighted by molar-refractivity contribution is 0.515. The van der Waals surface area contributed by atoms with E-state index in [2.05, 4.69) is 25.3 Å². The van der Waals surface area contributed by atoms with Crippen LogP contribution in [0.2, 0.25) is 0 Å². The van der Waals surface area contributed by atoms with Crippen LogP contribution in [0.1, 0.15) is 11.1 Å². The molecule has 0 atom stereocenters. The number of anilines is 2. The minimum atomic E-state index is -1.07. The number of aromatic nitrogens is 6. The van der Waals surface area contributed by atoms with Gasteiger partial charge in [0.1, 0.15) is 11.6 Å². The number of pyridine rings is 2. The summed E-state index contributed by atoms with van der Waals surface area (Å²) in [4.78, 5) is 41.6. The molecular formula is C46H32F4N8O2. The van der Waals surface area contributed by atoms with Crippen LogP contribution in [0.15, 0.2) is 143 Å². The van der Waals surface area contributed by atoms with Gasteiger partial charge in [-0.15, -0.1) is 0 Å². The highest BCUT2D eigenvalue weighted by Gasteiger charge is 2.18. The normalized spacial score (nSPS) is 11.3. The molecule has 0 saturated carbocycles. The number of hydrogen-bond donors (Lipinski definition) is 5. The average molecular weight is 805 g/mol. The van der Waals surface area contributed by atoms with Crippen molar-refractivity contribution >= 4 is 55.2 Å². The molecule has 0 unspecified atom stereocenters. The number of rotatable bonds is 7. The van der Waals surface area contributed by atoms with E-state index in [0.29, 0.717) is 39.2 Å². The van der Waals surface area contributed by atoms with Crippen molar-refractivity contribution in [3.05, 3.63) is 189 Å². The molecule has 10 aromatic rings. The van der Waals surface area contributed by atoms with Crippen LogP contribution in [-0.2, 0) is 13.1 Å². The Morgan fingerprint density at radius 2 is 1.18 bits per heavy atom. The molecule has 4 heterocycles. The van der Waals surface area contributed by atoms with Crippen LogP contribution in [-0.4, -0.2) is 29.5 Å². The van der Waals surface area contributed by atoms with Crippen LogP contribution in [0.4, 0.5) is 28.9 Å². The van der Waals surface area contributed by atoms with Crippen LogP contribution in [0.5, 0.6) is 0 Å². The fourth-order valence-corrected chi connectivity index (χ4v) is 7.38. The maximum atomic E-state index is 14.3. The Bertz CT molecular complexity index is 3350. The van der Waals surface area contributed by atoms with Crippen molar-refractivity contribution in [2.45, 2.75) is 13.1 Å². The molecule has 0 saturated heterocycles. The molecule has 10 nitrogen and oxygen atoms in total. The smallest absolute Gasteiger partial charge is 0.248 e. The van der Waals surface area contributed by atoms with E-state index in [-0.39, 0.29) is 24.1 Å². The summed E-state index contributed by atoms with van der Waals surface area (Å²) >= 11 is 0. The quantitative estimate of drug-likeness (QED) is 0.0801. The maximum Gasteiger partial charge on any atom is 0.248 e. The number of imidazole rings is 2. The van der Waals surface area contributed by atoms with Crippen molar-refractivity contribution in [2.24, 2.45) is 0 Å². The Morgan fingerprint density at radius 1 is 0.600 bits per heavy atom. The van der Waals surface area contributed by atoms with Crippen molar-refractivity contribution in [3.63, 3.8) is 0 Å². The molecule has 0 aliphatic heterocycles. The van der Waals surface area contributed by atoms with Gasteiger partial charge in [-0.05, 0) is 83.9 Å². The number of nitrogens with one attached hydrogen (secondary N) is 4. The Balaban J connectivity index is 0.000000154. The molecule has 6 N–H and O–H groups in total. The third-order valence-electron chi connectivity index (χ3n) is 10.2. The topological polar surface area (TPSA) is 150 Å². The van der Waals surface area contributed by atoms with E-state index in [9.17, 15) is 27.2 Å². The first-order valence-electron chi connectivity index (χ1n) is 18.7. The van der Waals surface area contributed by atoms with Gasteiger partial charge >= 0.3 is 0 Å². The van der Waals surface area contributed by atoms with Gasteiger partial charge < -0.3 is 30.6 Å². The molecule has 0 bridgehead atoms. The highest BCUT2D eigenvalue weighted by atomic mass is 19.2. The minimum Gasteiger partial charge on any atom is -0.398 e. The number of fused-ring (bicyclic) bond motifs is 4. The van der Waals surface area contributed by atoms with Crippen LogP contribution < -0.4 is 22.2 Å². The highest BCUT2D eigenvalue weighted by Crippen LogP contribution is 2.32. The minimum absolute atomic E-state index is 0.134. The van der Waals surface area contributed by atoms with E-state index in [1.807, 2.05) is 95.6 Å². The van der Waals surface area contributed by atoms with Gasteiger partial charge in [0.2, 0.25) is 11.1 Å². The standard InChI is InChI=1S/2C23H16F2N4O/c24-16-10-9-14-13(11-20(30)28-22(14)21(16)25)12-29-19-8-4-3-7-18(19)27-23(29)15-5-1-2-6-17(15)26;24-16-10-9-14-13(11-20(30)29-22(14)21(16)25)12-26-17-6-2-1-5-15(17)23-27-18-7-3-4-8-19(18)28-23/h1-11H,12,26H2,(H,28,30);1-11,26H,12H2,(H,27,28)(H,29,30). The molecule has 60 heavy (non-hydrogen) atoms. The third-order valence-corrected chi connectivity index (χ3v) is 10.2. The lowest BCUT2D eigenvalue weighted by Gasteiger charge is -2.13. The van der Waals surface area contributed by atoms with E-state index < -0.39 is 34.4 Å². The zero-order chi connectivity index (χ0) is 41.5. The lowest BCUT2D eigenvalue weighted by Crippen LogP contribution is -2.11. The number of benzene rings is 6. The molecule has 296 valence electrons. The van der Waals surface area contributed by atoms with Gasteiger partial charge in [0, 0.05) is 52.0 Å². The first-order valence-corrected chi connectivity index (χ1v) is 18.7. The van der Waals surface area contributed by atoms with Gasteiger partial charge in [-0.25, -0.2) is 27.5 Å². The van der Waals surface area contributed by atoms with Crippen LogP contribution in [0, 0.1) is 23.3 Å². The number of nitrogen functional groups attached to an aromatic ring is 1. The Morgan fingerprint density at radius 3 is 1.88 bits per heavy atom. The summed E-state index contributed by atoms with van der Waals surface area (Å²) in [6.45, 7) is 0.485. The number of H-pyrrole nitrogens is 3. The SMILES string of the molecule is Nc1ccccc1-c1nc2ccccc2n1Cc1cc(=O)[nH]c2c(F)c(F)ccc12.O=c1cc(CNc2ccccc2-c2nc3ccccc3[nH]2)c2ccc(F)c(F)c2[nH]1. The molecule has 0 aliphatic rings. The second-order valence-electron chi connectivity index (χ2n) is 14.0. The number of nitrogens with zero attached hydrogens (tertiary/aromatic N) is 3. The second-order valence-corrected chi connectivity index (χ2v) is 14.0. The van der Waals surface area contributed by atoms with E-state index in [4.69, 9.17) is 10.7 Å². The Kier molecular flexibility index (Phi) is 9.64. The zero-order valence-electron chi connectivity index (χ0n) is 31.4. The predicted octanol–water partition coefficient (Wildman–Crippen LogP) is 9.42. The van der Waals surface area contributed by atoms with E-state index in [0.717, 1.165) is 51.0 Å². The van der Waals surface area contributed by atoms with Crippen molar-refractivity contribution in [1.82, 2.24) is 29.5 Å². The molecule has 0 spiro atoms. The van der Waals surface area contributed by atoms with Crippen molar-refractivity contribution < 1.29 is 17.6 Å². The number of para-hydroxylation sites is 6. The molecule has 14 heteroatoms. The van der Waals surface area contributed by atoms with Gasteiger partial charge in [-0.2, -0.15) is 0 Å². The van der Waals surface area contributed by atoms with Gasteiger partial charge in [-0.1, -0.05) is 48.5 Å². The fraction of sp³-hybridized carbons (Fsp3) is 0.0435.